The zero-order valence-corrected chi connectivity index (χ0v) is 15.9. The highest BCUT2D eigenvalue weighted by Gasteiger charge is 2.31. The predicted octanol–water partition coefficient (Wildman–Crippen LogP) is 5.14. The lowest BCUT2D eigenvalue weighted by atomic mass is 10.2. The molecule has 0 radical (unpaired) electrons. The van der Waals surface area contributed by atoms with E-state index in [1.54, 1.807) is 0 Å². The second kappa shape index (κ2) is 8.47. The second-order valence-electron chi connectivity index (χ2n) is 6.08. The third kappa shape index (κ3) is 4.72. The molecular formula is C21H12F4N2O2S. The van der Waals surface area contributed by atoms with Gasteiger partial charge in [-0.05, 0) is 60.7 Å². The summed E-state index contributed by atoms with van der Waals surface area (Å²) in [4.78, 5) is 12.1. The maximum Gasteiger partial charge on any atom is 0.416 e. The fourth-order valence-corrected chi connectivity index (χ4v) is 3.76. The molecular weight excluding hydrogens is 420 g/mol. The first-order chi connectivity index (χ1) is 14.2. The van der Waals surface area contributed by atoms with E-state index >= 15 is 0 Å². The lowest BCUT2D eigenvalue weighted by Gasteiger charge is -2.11. The average molecular weight is 432 g/mol. The number of alkyl halides is 3. The van der Waals surface area contributed by atoms with Gasteiger partial charge in [0, 0.05) is 16.1 Å². The van der Waals surface area contributed by atoms with Crippen LogP contribution in [-0.4, -0.2) is 10.1 Å². The second-order valence-corrected chi connectivity index (χ2v) is 7.53. The van der Waals surface area contributed by atoms with Gasteiger partial charge in [-0.3, -0.25) is 4.79 Å². The molecule has 9 heteroatoms. The van der Waals surface area contributed by atoms with Crippen LogP contribution in [0.2, 0.25) is 0 Å². The molecule has 3 rings (SSSR count). The molecule has 152 valence electrons. The Morgan fingerprint density at radius 3 is 2.33 bits per heavy atom. The van der Waals surface area contributed by atoms with Crippen molar-refractivity contribution in [2.45, 2.75) is 16.0 Å². The van der Waals surface area contributed by atoms with Gasteiger partial charge in [0.2, 0.25) is 0 Å². The third-order valence-corrected chi connectivity index (χ3v) is 5.48. The van der Waals surface area contributed by atoms with Gasteiger partial charge < -0.3 is 5.32 Å². The van der Waals surface area contributed by atoms with Gasteiger partial charge in [-0.2, -0.15) is 18.4 Å². The average Bonchev–Trinajstić information content (AvgIpc) is 2.73. The molecule has 0 saturated carbocycles. The monoisotopic (exact) mass is 432 g/mol. The number of anilines is 1. The predicted molar refractivity (Wildman–Crippen MR) is 102 cm³/mol. The molecule has 0 bridgehead atoms. The zero-order chi connectivity index (χ0) is 21.9. The fourth-order valence-electron chi connectivity index (χ4n) is 2.58. The summed E-state index contributed by atoms with van der Waals surface area (Å²) in [5.74, 6) is -1.05. The summed E-state index contributed by atoms with van der Waals surface area (Å²) >= 11 is 0. The molecule has 0 saturated heterocycles. The molecule has 0 spiro atoms. The molecule has 3 aromatic carbocycles. The van der Waals surface area contributed by atoms with Crippen LogP contribution in [-0.2, 0) is 17.0 Å². The minimum atomic E-state index is -4.59. The van der Waals surface area contributed by atoms with Crippen molar-refractivity contribution in [2.24, 2.45) is 0 Å². The molecule has 1 atom stereocenters. The van der Waals surface area contributed by atoms with Crippen molar-refractivity contribution >= 4 is 22.4 Å². The highest BCUT2D eigenvalue weighted by Crippen LogP contribution is 2.31. The molecule has 4 nitrogen and oxygen atoms in total. The van der Waals surface area contributed by atoms with Gasteiger partial charge in [-0.25, -0.2) is 8.60 Å². The van der Waals surface area contributed by atoms with Crippen molar-refractivity contribution in [3.8, 4) is 6.07 Å². The van der Waals surface area contributed by atoms with E-state index in [4.69, 9.17) is 0 Å². The molecule has 0 aliphatic carbocycles. The van der Waals surface area contributed by atoms with E-state index in [2.05, 4.69) is 5.32 Å². The summed E-state index contributed by atoms with van der Waals surface area (Å²) in [5, 5.41) is 11.9. The van der Waals surface area contributed by atoms with E-state index in [-0.39, 0.29) is 26.6 Å². The molecule has 0 aromatic heterocycles. The van der Waals surface area contributed by atoms with Gasteiger partial charge in [0.15, 0.2) is 0 Å². The van der Waals surface area contributed by atoms with Crippen LogP contribution in [0.5, 0.6) is 0 Å². The number of rotatable bonds is 4. The van der Waals surface area contributed by atoms with Crippen molar-refractivity contribution in [3.05, 3.63) is 89.2 Å². The maximum absolute atomic E-state index is 13.0. The Balaban J connectivity index is 1.87. The largest absolute Gasteiger partial charge is 0.416 e. The highest BCUT2D eigenvalue weighted by molar-refractivity contribution is 7.85. The number of nitrogens with one attached hydrogen (secondary N) is 1. The molecule has 0 heterocycles. The van der Waals surface area contributed by atoms with Crippen LogP contribution in [0.25, 0.3) is 0 Å². The Labute approximate surface area is 171 Å². The summed E-state index contributed by atoms with van der Waals surface area (Å²) in [6.45, 7) is 0. The van der Waals surface area contributed by atoms with E-state index in [1.807, 2.05) is 6.07 Å². The highest BCUT2D eigenvalue weighted by atomic mass is 32.2. The smallest absolute Gasteiger partial charge is 0.322 e. The van der Waals surface area contributed by atoms with Crippen molar-refractivity contribution < 1.29 is 26.6 Å². The van der Waals surface area contributed by atoms with Crippen molar-refractivity contribution in [3.63, 3.8) is 0 Å². The summed E-state index contributed by atoms with van der Waals surface area (Å²) in [7, 11) is -2.04. The summed E-state index contributed by atoms with van der Waals surface area (Å²) < 4.78 is 64.4. The summed E-state index contributed by atoms with van der Waals surface area (Å²) in [5.41, 5.74) is -0.616. The minimum Gasteiger partial charge on any atom is -0.322 e. The third-order valence-electron chi connectivity index (χ3n) is 4.04. The number of carbonyl (C=O) groups excluding carboxylic acids is 1. The number of hydrogen-bond donors (Lipinski definition) is 1. The van der Waals surface area contributed by atoms with E-state index in [0.717, 1.165) is 30.3 Å². The van der Waals surface area contributed by atoms with Crippen LogP contribution < -0.4 is 5.32 Å². The molecule has 3 aromatic rings. The lowest BCUT2D eigenvalue weighted by Crippen LogP contribution is -2.12. The topological polar surface area (TPSA) is 70.0 Å². The Morgan fingerprint density at radius 2 is 1.70 bits per heavy atom. The number of benzene rings is 3. The summed E-state index contributed by atoms with van der Waals surface area (Å²) in [6.07, 6.45) is -4.59. The van der Waals surface area contributed by atoms with Crippen molar-refractivity contribution in [1.29, 1.82) is 5.26 Å². The number of carbonyl (C=O) groups is 1. The number of nitrogens with zero attached hydrogens (tertiary/aromatic N) is 1. The van der Waals surface area contributed by atoms with Gasteiger partial charge in [-0.1, -0.05) is 6.07 Å². The number of hydrogen-bond acceptors (Lipinski definition) is 3. The lowest BCUT2D eigenvalue weighted by molar-refractivity contribution is -0.137. The van der Waals surface area contributed by atoms with Gasteiger partial charge in [0.05, 0.1) is 26.8 Å². The van der Waals surface area contributed by atoms with Crippen LogP contribution >= 0.6 is 0 Å². The van der Waals surface area contributed by atoms with Gasteiger partial charge in [0.1, 0.15) is 11.9 Å². The Kier molecular flexibility index (Phi) is 5.99. The van der Waals surface area contributed by atoms with E-state index in [9.17, 15) is 31.8 Å². The molecule has 30 heavy (non-hydrogen) atoms. The van der Waals surface area contributed by atoms with Crippen LogP contribution in [0, 0.1) is 17.1 Å². The standard InChI is InChI=1S/C21H12F4N2O2S/c22-16-6-4-13(5-7-16)20(28)27-17-8-9-19(14(10-17)12-26)30(29)18-3-1-2-15(11-18)21(23,24)25/h1-11H,(H,27,28). The Hall–Kier alpha value is -3.51. The summed E-state index contributed by atoms with van der Waals surface area (Å²) in [6, 6.07) is 14.6. The molecule has 1 unspecified atom stereocenters. The van der Waals surface area contributed by atoms with E-state index in [1.165, 1.54) is 36.4 Å². The van der Waals surface area contributed by atoms with Crippen molar-refractivity contribution in [2.75, 3.05) is 5.32 Å². The fraction of sp³-hybridized carbons (Fsp3) is 0.0476. The Morgan fingerprint density at radius 1 is 1.00 bits per heavy atom. The SMILES string of the molecule is N#Cc1cc(NC(=O)c2ccc(F)cc2)ccc1S(=O)c1cccc(C(F)(F)F)c1. The number of nitriles is 1. The van der Waals surface area contributed by atoms with Crippen LogP contribution in [0.15, 0.2) is 76.5 Å². The van der Waals surface area contributed by atoms with Gasteiger partial charge in [0.25, 0.3) is 5.91 Å². The van der Waals surface area contributed by atoms with Gasteiger partial charge in [-0.15, -0.1) is 0 Å². The number of halogens is 4. The number of amides is 1. The normalized spacial score (nSPS) is 12.1. The van der Waals surface area contributed by atoms with Crippen molar-refractivity contribution in [1.82, 2.24) is 0 Å². The molecule has 0 fully saturated rings. The van der Waals surface area contributed by atoms with E-state index < -0.39 is 34.3 Å². The first-order valence-electron chi connectivity index (χ1n) is 8.39. The molecule has 1 amide bonds. The first-order valence-corrected chi connectivity index (χ1v) is 9.54. The Bertz CT molecular complexity index is 1170. The van der Waals surface area contributed by atoms with Crippen LogP contribution in [0.4, 0.5) is 23.2 Å². The minimum absolute atomic E-state index is 0.0107. The molecule has 1 N–H and O–H groups in total. The quantitative estimate of drug-likeness (QED) is 0.581. The van der Waals surface area contributed by atoms with Crippen LogP contribution in [0.1, 0.15) is 21.5 Å². The maximum atomic E-state index is 13.0. The van der Waals surface area contributed by atoms with E-state index in [0.29, 0.717) is 0 Å². The molecule has 0 aliphatic rings. The molecule has 0 aliphatic heterocycles. The first kappa shape index (κ1) is 21.2. The van der Waals surface area contributed by atoms with Gasteiger partial charge >= 0.3 is 6.18 Å². The van der Waals surface area contributed by atoms with Crippen LogP contribution in [0.3, 0.4) is 0 Å². The zero-order valence-electron chi connectivity index (χ0n) is 15.0.